The van der Waals surface area contributed by atoms with Crippen molar-refractivity contribution in [3.05, 3.63) is 35.2 Å². The first kappa shape index (κ1) is 14.0. The molecule has 0 saturated heterocycles. The summed E-state index contributed by atoms with van der Waals surface area (Å²) in [6.07, 6.45) is 0. The lowest BCUT2D eigenvalue weighted by Crippen LogP contribution is -2.31. The van der Waals surface area contributed by atoms with Crippen molar-refractivity contribution >= 4 is 39.7 Å². The first-order valence-corrected chi connectivity index (χ1v) is 5.99. The molecule has 17 heavy (non-hydrogen) atoms. The minimum Gasteiger partial charge on any atom is -0.340 e. The van der Waals surface area contributed by atoms with Gasteiger partial charge in [0.15, 0.2) is 0 Å². The van der Waals surface area contributed by atoms with Crippen LogP contribution in [0.4, 0.5) is 0 Å². The van der Waals surface area contributed by atoms with E-state index in [0.717, 1.165) is 0 Å². The number of nitrogens with two attached hydrogens (primary N) is 1. The maximum absolute atomic E-state index is 11.4. The summed E-state index contributed by atoms with van der Waals surface area (Å²) in [4.78, 5) is 13.0. The summed E-state index contributed by atoms with van der Waals surface area (Å²) in [5.74, 6) is -0.0321. The van der Waals surface area contributed by atoms with Gasteiger partial charge in [-0.25, -0.2) is 0 Å². The van der Waals surface area contributed by atoms with Crippen LogP contribution in [0.5, 0.6) is 0 Å². The van der Waals surface area contributed by atoms with E-state index in [4.69, 9.17) is 5.73 Å². The number of benzene rings is 1. The number of fused-ring (bicyclic) bond motifs is 1. The Morgan fingerprint density at radius 2 is 2.12 bits per heavy atom. The Morgan fingerprint density at radius 1 is 1.41 bits per heavy atom. The van der Waals surface area contributed by atoms with Crippen LogP contribution < -0.4 is 5.73 Å². The SMILES string of the molecule is CN(Cc1csc2ccccc12)C(=O)CN.Cl. The van der Waals surface area contributed by atoms with Crippen molar-refractivity contribution in [1.82, 2.24) is 4.90 Å². The van der Waals surface area contributed by atoms with Crippen LogP contribution in [0.3, 0.4) is 0 Å². The van der Waals surface area contributed by atoms with Crippen molar-refractivity contribution in [1.29, 1.82) is 0 Å². The van der Waals surface area contributed by atoms with E-state index >= 15 is 0 Å². The molecule has 0 aliphatic heterocycles. The lowest BCUT2D eigenvalue weighted by atomic mass is 10.2. The van der Waals surface area contributed by atoms with E-state index in [0.29, 0.717) is 6.54 Å². The zero-order valence-corrected chi connectivity index (χ0v) is 11.2. The summed E-state index contributed by atoms with van der Waals surface area (Å²) in [6, 6.07) is 8.22. The van der Waals surface area contributed by atoms with Crippen LogP contribution in [-0.4, -0.2) is 24.4 Å². The number of hydrogen-bond acceptors (Lipinski definition) is 3. The molecule has 0 unspecified atom stereocenters. The number of carbonyl (C=O) groups is 1. The van der Waals surface area contributed by atoms with Gasteiger partial charge in [0.2, 0.25) is 5.91 Å². The molecule has 2 N–H and O–H groups in total. The second-order valence-electron chi connectivity index (χ2n) is 3.71. The molecule has 0 atom stereocenters. The van der Waals surface area contributed by atoms with Gasteiger partial charge in [0.1, 0.15) is 0 Å². The maximum atomic E-state index is 11.4. The first-order valence-electron chi connectivity index (χ1n) is 5.11. The highest BCUT2D eigenvalue weighted by Crippen LogP contribution is 2.26. The van der Waals surface area contributed by atoms with Crippen LogP contribution in [0.25, 0.3) is 10.1 Å². The number of nitrogens with zero attached hydrogens (tertiary/aromatic N) is 1. The molecule has 3 nitrogen and oxygen atoms in total. The second-order valence-corrected chi connectivity index (χ2v) is 4.62. The van der Waals surface area contributed by atoms with Gasteiger partial charge in [-0.05, 0) is 22.4 Å². The normalized spacial score (nSPS) is 10.0. The molecular weight excluding hydrogens is 256 g/mol. The molecule has 0 fully saturated rings. The van der Waals surface area contributed by atoms with Crippen molar-refractivity contribution in [2.45, 2.75) is 6.54 Å². The molecular formula is C12H15ClN2OS. The van der Waals surface area contributed by atoms with Crippen LogP contribution >= 0.6 is 23.7 Å². The van der Waals surface area contributed by atoms with Gasteiger partial charge in [-0.1, -0.05) is 18.2 Å². The quantitative estimate of drug-likeness (QED) is 0.930. The maximum Gasteiger partial charge on any atom is 0.236 e. The van der Waals surface area contributed by atoms with Gasteiger partial charge >= 0.3 is 0 Å². The van der Waals surface area contributed by atoms with E-state index in [1.165, 1.54) is 15.6 Å². The average molecular weight is 271 g/mol. The van der Waals surface area contributed by atoms with Crippen LogP contribution in [-0.2, 0) is 11.3 Å². The zero-order valence-electron chi connectivity index (χ0n) is 9.55. The van der Waals surface area contributed by atoms with E-state index in [-0.39, 0.29) is 24.9 Å². The number of amides is 1. The Bertz CT molecular complexity index is 512. The van der Waals surface area contributed by atoms with E-state index in [9.17, 15) is 4.79 Å². The minimum atomic E-state index is -0.0321. The third-order valence-electron chi connectivity index (χ3n) is 2.57. The van der Waals surface area contributed by atoms with Gasteiger partial charge in [0, 0.05) is 18.3 Å². The molecule has 2 aromatic rings. The minimum absolute atomic E-state index is 0. The van der Waals surface area contributed by atoms with Gasteiger partial charge in [-0.15, -0.1) is 23.7 Å². The van der Waals surface area contributed by atoms with Crippen LogP contribution in [0.2, 0.25) is 0 Å². The number of hydrogen-bond donors (Lipinski definition) is 1. The van der Waals surface area contributed by atoms with Gasteiger partial charge in [0.05, 0.1) is 6.54 Å². The molecule has 0 spiro atoms. The fraction of sp³-hybridized carbons (Fsp3) is 0.250. The molecule has 1 heterocycles. The number of likely N-dealkylation sites (N-methyl/N-ethyl adjacent to an activating group) is 1. The summed E-state index contributed by atoms with van der Waals surface area (Å²) >= 11 is 1.71. The van der Waals surface area contributed by atoms with Crippen LogP contribution in [0.15, 0.2) is 29.6 Å². The summed E-state index contributed by atoms with van der Waals surface area (Å²) in [5.41, 5.74) is 6.51. The Balaban J connectivity index is 0.00000144. The molecule has 0 saturated carbocycles. The highest BCUT2D eigenvalue weighted by Gasteiger charge is 2.09. The fourth-order valence-corrected chi connectivity index (χ4v) is 2.61. The van der Waals surface area contributed by atoms with E-state index < -0.39 is 0 Å². The Morgan fingerprint density at radius 3 is 2.82 bits per heavy atom. The number of carbonyl (C=O) groups excluding carboxylic acids is 1. The Hall–Kier alpha value is -1.10. The molecule has 0 bridgehead atoms. The van der Waals surface area contributed by atoms with Crippen molar-refractivity contribution in [3.8, 4) is 0 Å². The molecule has 2 rings (SSSR count). The Kier molecular flexibility index (Phi) is 4.93. The van der Waals surface area contributed by atoms with Crippen LogP contribution in [0, 0.1) is 0 Å². The smallest absolute Gasteiger partial charge is 0.236 e. The third kappa shape index (κ3) is 2.97. The van der Waals surface area contributed by atoms with E-state index in [1.54, 1.807) is 23.3 Å². The highest BCUT2D eigenvalue weighted by molar-refractivity contribution is 7.17. The number of thiophene rings is 1. The van der Waals surface area contributed by atoms with Crippen molar-refractivity contribution in [2.75, 3.05) is 13.6 Å². The molecule has 0 radical (unpaired) electrons. The molecule has 1 aromatic heterocycles. The zero-order chi connectivity index (χ0) is 11.5. The van der Waals surface area contributed by atoms with Gasteiger partial charge in [0.25, 0.3) is 0 Å². The summed E-state index contributed by atoms with van der Waals surface area (Å²) in [6.45, 7) is 0.693. The lowest BCUT2D eigenvalue weighted by Gasteiger charge is -2.15. The summed E-state index contributed by atoms with van der Waals surface area (Å²) in [5, 5.41) is 3.33. The van der Waals surface area contributed by atoms with Crippen molar-refractivity contribution in [3.63, 3.8) is 0 Å². The van der Waals surface area contributed by atoms with Gasteiger partial charge in [-0.2, -0.15) is 0 Å². The van der Waals surface area contributed by atoms with E-state index in [1.807, 2.05) is 12.1 Å². The average Bonchev–Trinajstić information content (AvgIpc) is 2.72. The van der Waals surface area contributed by atoms with Gasteiger partial charge in [-0.3, -0.25) is 4.79 Å². The highest BCUT2D eigenvalue weighted by atomic mass is 35.5. The predicted molar refractivity (Wildman–Crippen MR) is 74.6 cm³/mol. The summed E-state index contributed by atoms with van der Waals surface area (Å²) in [7, 11) is 1.78. The number of rotatable bonds is 3. The molecule has 0 aliphatic carbocycles. The molecule has 92 valence electrons. The molecule has 1 amide bonds. The Labute approximate surface area is 111 Å². The predicted octanol–water partition coefficient (Wildman–Crippen LogP) is 2.24. The molecule has 5 heteroatoms. The second kappa shape index (κ2) is 6.00. The largest absolute Gasteiger partial charge is 0.340 e. The monoisotopic (exact) mass is 270 g/mol. The first-order chi connectivity index (χ1) is 7.72. The lowest BCUT2D eigenvalue weighted by molar-refractivity contribution is -0.128. The molecule has 1 aromatic carbocycles. The summed E-state index contributed by atoms with van der Waals surface area (Å²) < 4.78 is 1.26. The topological polar surface area (TPSA) is 46.3 Å². The van der Waals surface area contributed by atoms with Crippen LogP contribution in [0.1, 0.15) is 5.56 Å². The van der Waals surface area contributed by atoms with E-state index in [2.05, 4.69) is 17.5 Å². The molecule has 0 aliphatic rings. The number of halogens is 1. The van der Waals surface area contributed by atoms with Crippen molar-refractivity contribution in [2.24, 2.45) is 5.73 Å². The van der Waals surface area contributed by atoms with Crippen molar-refractivity contribution < 1.29 is 4.79 Å². The fourth-order valence-electron chi connectivity index (χ4n) is 1.65. The standard InChI is InChI=1S/C12H14N2OS.ClH/c1-14(12(15)6-13)7-9-8-16-11-5-3-2-4-10(9)11;/h2-5,8H,6-7,13H2,1H3;1H. The van der Waals surface area contributed by atoms with Gasteiger partial charge < -0.3 is 10.6 Å². The third-order valence-corrected chi connectivity index (χ3v) is 3.58.